The Bertz CT molecular complexity index is 305. The minimum absolute atomic E-state index is 0.141. The summed E-state index contributed by atoms with van der Waals surface area (Å²) >= 11 is 1.48. The molecule has 0 aliphatic heterocycles. The van der Waals surface area contributed by atoms with Crippen LogP contribution in [0.25, 0.3) is 0 Å². The number of aromatic hydroxyl groups is 1. The van der Waals surface area contributed by atoms with Gasteiger partial charge in [0.05, 0.1) is 11.8 Å². The molecular formula is C6H3F3INO. The highest BCUT2D eigenvalue weighted by molar-refractivity contribution is 14.1. The summed E-state index contributed by atoms with van der Waals surface area (Å²) in [7, 11) is 0. The molecule has 0 saturated carbocycles. The van der Waals surface area contributed by atoms with Crippen molar-refractivity contribution in [3.05, 3.63) is 21.3 Å². The number of pyridine rings is 1. The predicted molar refractivity (Wildman–Crippen MR) is 43.5 cm³/mol. The van der Waals surface area contributed by atoms with Crippen molar-refractivity contribution in [2.75, 3.05) is 0 Å². The molecular weight excluding hydrogens is 286 g/mol. The Morgan fingerprint density at radius 2 is 2.08 bits per heavy atom. The van der Waals surface area contributed by atoms with Crippen LogP contribution in [0.5, 0.6) is 5.75 Å². The molecule has 1 rings (SSSR count). The molecule has 0 radical (unpaired) electrons. The average molecular weight is 289 g/mol. The Labute approximate surface area is 79.6 Å². The maximum absolute atomic E-state index is 12.7. The number of halogens is 4. The van der Waals surface area contributed by atoms with Crippen molar-refractivity contribution in [3.63, 3.8) is 0 Å². The molecule has 0 saturated heterocycles. The van der Waals surface area contributed by atoms with Crippen molar-refractivity contribution in [1.29, 1.82) is 0 Å². The Balaban J connectivity index is 3.33. The van der Waals surface area contributed by atoms with Crippen LogP contribution < -0.4 is 0 Å². The van der Waals surface area contributed by atoms with E-state index in [1.54, 1.807) is 0 Å². The third-order valence-electron chi connectivity index (χ3n) is 1.20. The van der Waals surface area contributed by atoms with Gasteiger partial charge in [0.25, 0.3) is 6.43 Å². The van der Waals surface area contributed by atoms with Crippen LogP contribution in [0.4, 0.5) is 13.2 Å². The second-order valence-corrected chi connectivity index (χ2v) is 2.98. The van der Waals surface area contributed by atoms with Crippen LogP contribution in [0.15, 0.2) is 6.20 Å². The van der Waals surface area contributed by atoms with E-state index in [0.717, 1.165) is 6.20 Å². The number of hydrogen-bond donors (Lipinski definition) is 1. The van der Waals surface area contributed by atoms with Gasteiger partial charge in [-0.2, -0.15) is 0 Å². The smallest absolute Gasteiger partial charge is 0.269 e. The van der Waals surface area contributed by atoms with Crippen LogP contribution in [-0.2, 0) is 0 Å². The zero-order chi connectivity index (χ0) is 9.30. The molecule has 0 bridgehead atoms. The average Bonchev–Trinajstić information content (AvgIpc) is 1.97. The zero-order valence-corrected chi connectivity index (χ0v) is 7.72. The minimum Gasteiger partial charge on any atom is -0.504 e. The first kappa shape index (κ1) is 9.56. The lowest BCUT2D eigenvalue weighted by molar-refractivity contribution is 0.143. The van der Waals surface area contributed by atoms with E-state index >= 15 is 0 Å². The number of nitrogens with zero attached hydrogens (tertiary/aromatic N) is 1. The van der Waals surface area contributed by atoms with Crippen LogP contribution >= 0.6 is 22.6 Å². The molecule has 1 heterocycles. The molecule has 0 unspecified atom stereocenters. The largest absolute Gasteiger partial charge is 0.504 e. The molecule has 0 fully saturated rings. The van der Waals surface area contributed by atoms with Crippen molar-refractivity contribution in [1.82, 2.24) is 4.98 Å². The van der Waals surface area contributed by atoms with Gasteiger partial charge in [-0.1, -0.05) is 0 Å². The quantitative estimate of drug-likeness (QED) is 0.636. The first-order chi connectivity index (χ1) is 5.54. The Kier molecular flexibility index (Phi) is 2.76. The van der Waals surface area contributed by atoms with E-state index in [4.69, 9.17) is 5.11 Å². The van der Waals surface area contributed by atoms with E-state index < -0.39 is 23.6 Å². The van der Waals surface area contributed by atoms with Gasteiger partial charge in [-0.3, -0.25) is 0 Å². The van der Waals surface area contributed by atoms with Gasteiger partial charge >= 0.3 is 0 Å². The lowest BCUT2D eigenvalue weighted by Crippen LogP contribution is -1.97. The molecule has 0 aliphatic carbocycles. The fraction of sp³-hybridized carbons (Fsp3) is 0.167. The highest BCUT2D eigenvalue weighted by Crippen LogP contribution is 2.29. The van der Waals surface area contributed by atoms with Gasteiger partial charge in [0, 0.05) is 0 Å². The molecule has 2 nitrogen and oxygen atoms in total. The van der Waals surface area contributed by atoms with E-state index in [9.17, 15) is 13.2 Å². The normalized spacial score (nSPS) is 10.8. The van der Waals surface area contributed by atoms with E-state index in [1.807, 2.05) is 0 Å². The fourth-order valence-electron chi connectivity index (χ4n) is 0.658. The van der Waals surface area contributed by atoms with Gasteiger partial charge in [-0.05, 0) is 22.6 Å². The van der Waals surface area contributed by atoms with E-state index in [-0.39, 0.29) is 3.70 Å². The van der Waals surface area contributed by atoms with Crippen LogP contribution in [-0.4, -0.2) is 10.1 Å². The molecule has 0 aliphatic rings. The summed E-state index contributed by atoms with van der Waals surface area (Å²) in [6.45, 7) is 0. The van der Waals surface area contributed by atoms with Crippen LogP contribution in [0, 0.1) is 9.52 Å². The van der Waals surface area contributed by atoms with E-state index in [0.29, 0.717) is 0 Å². The molecule has 0 amide bonds. The standard InChI is InChI=1S/C6H3F3INO/c7-4-2(12)1-11-6(10)3(4)5(8)9/h1,5,12H. The van der Waals surface area contributed by atoms with Gasteiger partial charge in [0.15, 0.2) is 11.6 Å². The maximum atomic E-state index is 12.7. The third kappa shape index (κ3) is 1.62. The molecule has 12 heavy (non-hydrogen) atoms. The molecule has 1 N–H and O–H groups in total. The fourth-order valence-corrected chi connectivity index (χ4v) is 1.27. The minimum atomic E-state index is -2.96. The molecule has 6 heteroatoms. The number of rotatable bonds is 1. The molecule has 0 atom stereocenters. The van der Waals surface area contributed by atoms with Crippen molar-refractivity contribution in [2.45, 2.75) is 6.43 Å². The van der Waals surface area contributed by atoms with Crippen LogP contribution in [0.2, 0.25) is 0 Å². The number of aromatic nitrogens is 1. The predicted octanol–water partition coefficient (Wildman–Crippen LogP) is 2.47. The molecule has 0 spiro atoms. The molecule has 0 aromatic carbocycles. The lowest BCUT2D eigenvalue weighted by Gasteiger charge is -2.04. The summed E-state index contributed by atoms with van der Waals surface area (Å²) in [5.74, 6) is -2.16. The number of alkyl halides is 2. The summed E-state index contributed by atoms with van der Waals surface area (Å²) in [5.41, 5.74) is -0.851. The summed E-state index contributed by atoms with van der Waals surface area (Å²) < 4.78 is 36.7. The summed E-state index contributed by atoms with van der Waals surface area (Å²) in [6.07, 6.45) is -2.17. The Morgan fingerprint density at radius 3 is 2.50 bits per heavy atom. The maximum Gasteiger partial charge on any atom is 0.269 e. The Hall–Kier alpha value is -0.530. The lowest BCUT2D eigenvalue weighted by atomic mass is 10.3. The van der Waals surface area contributed by atoms with Gasteiger partial charge in [0.1, 0.15) is 3.70 Å². The Morgan fingerprint density at radius 1 is 1.50 bits per heavy atom. The van der Waals surface area contributed by atoms with E-state index in [2.05, 4.69) is 4.98 Å². The highest BCUT2D eigenvalue weighted by Gasteiger charge is 2.20. The first-order valence-corrected chi connectivity index (χ1v) is 3.93. The molecule has 1 aromatic rings. The summed E-state index contributed by atoms with van der Waals surface area (Å²) in [5, 5.41) is 8.70. The highest BCUT2D eigenvalue weighted by atomic mass is 127. The van der Waals surface area contributed by atoms with Crippen molar-refractivity contribution >= 4 is 22.6 Å². The van der Waals surface area contributed by atoms with Crippen molar-refractivity contribution in [3.8, 4) is 5.75 Å². The zero-order valence-electron chi connectivity index (χ0n) is 5.56. The van der Waals surface area contributed by atoms with Gasteiger partial charge in [-0.15, -0.1) is 0 Å². The van der Waals surface area contributed by atoms with Crippen LogP contribution in [0.3, 0.4) is 0 Å². The SMILES string of the molecule is Oc1cnc(I)c(C(F)F)c1F. The van der Waals surface area contributed by atoms with Gasteiger partial charge < -0.3 is 5.11 Å². The monoisotopic (exact) mass is 289 g/mol. The summed E-state index contributed by atoms with van der Waals surface area (Å²) in [4.78, 5) is 3.38. The second-order valence-electron chi connectivity index (χ2n) is 1.96. The van der Waals surface area contributed by atoms with Gasteiger partial charge in [0.2, 0.25) is 0 Å². The second kappa shape index (κ2) is 3.46. The molecule has 66 valence electrons. The topological polar surface area (TPSA) is 33.1 Å². The van der Waals surface area contributed by atoms with E-state index in [1.165, 1.54) is 22.6 Å². The van der Waals surface area contributed by atoms with Gasteiger partial charge in [-0.25, -0.2) is 18.2 Å². The molecule has 1 aromatic heterocycles. The third-order valence-corrected chi connectivity index (χ3v) is 2.06. The van der Waals surface area contributed by atoms with Crippen LogP contribution in [0.1, 0.15) is 12.0 Å². The summed E-state index contributed by atoms with van der Waals surface area (Å²) in [6, 6.07) is 0. The van der Waals surface area contributed by atoms with Crippen molar-refractivity contribution in [2.24, 2.45) is 0 Å². The number of hydrogen-bond acceptors (Lipinski definition) is 2. The first-order valence-electron chi connectivity index (χ1n) is 2.85. The van der Waals surface area contributed by atoms with Crippen molar-refractivity contribution < 1.29 is 18.3 Å².